The predicted octanol–water partition coefficient (Wildman–Crippen LogP) is 2.38. The molecule has 0 spiro atoms. The first-order chi connectivity index (χ1) is 11.7. The number of benzene rings is 1. The highest BCUT2D eigenvalue weighted by Gasteiger charge is 2.25. The zero-order chi connectivity index (χ0) is 16.8. The Labute approximate surface area is 169 Å². The number of carbonyl (C=O) groups excluding carboxylic acids is 1. The summed E-state index contributed by atoms with van der Waals surface area (Å²) >= 11 is 0. The van der Waals surface area contributed by atoms with Gasteiger partial charge in [-0.2, -0.15) is 0 Å². The van der Waals surface area contributed by atoms with Gasteiger partial charge in [0.05, 0.1) is 19.1 Å². The fourth-order valence-corrected chi connectivity index (χ4v) is 3.65. The number of rotatable bonds is 5. The van der Waals surface area contributed by atoms with E-state index in [4.69, 9.17) is 4.74 Å². The molecule has 3 rings (SSSR count). The van der Waals surface area contributed by atoms with E-state index in [-0.39, 0.29) is 36.8 Å². The molecular formula is C19H31Cl2N3O2. The summed E-state index contributed by atoms with van der Waals surface area (Å²) in [5.74, 6) is 0.126. The maximum absolute atomic E-state index is 12.3. The Morgan fingerprint density at radius 2 is 2.08 bits per heavy atom. The number of amides is 1. The molecule has 1 amide bonds. The van der Waals surface area contributed by atoms with Crippen LogP contribution in [0.5, 0.6) is 0 Å². The van der Waals surface area contributed by atoms with Crippen LogP contribution in [-0.4, -0.2) is 55.2 Å². The smallest absolute Gasteiger partial charge is 0.222 e. The first-order valence-corrected chi connectivity index (χ1v) is 9.09. The zero-order valence-corrected chi connectivity index (χ0v) is 17.0. The predicted molar refractivity (Wildman–Crippen MR) is 109 cm³/mol. The van der Waals surface area contributed by atoms with Crippen LogP contribution in [-0.2, 0) is 16.1 Å². The number of ether oxygens (including phenoxy) is 1. The van der Waals surface area contributed by atoms with Crippen LogP contribution < -0.4 is 10.6 Å². The largest absolute Gasteiger partial charge is 0.375 e. The maximum atomic E-state index is 12.3. The quantitative estimate of drug-likeness (QED) is 0.792. The number of hydrogen-bond acceptors (Lipinski definition) is 4. The van der Waals surface area contributed by atoms with E-state index in [0.717, 1.165) is 39.0 Å². The van der Waals surface area contributed by atoms with Gasteiger partial charge in [-0.3, -0.25) is 9.69 Å². The Balaban J connectivity index is 0.00000169. The Hall–Kier alpha value is -0.850. The highest BCUT2D eigenvalue weighted by atomic mass is 35.5. The Bertz CT molecular complexity index is 533. The van der Waals surface area contributed by atoms with E-state index in [1.165, 1.54) is 5.56 Å². The Morgan fingerprint density at radius 3 is 2.81 bits per heavy atom. The molecule has 2 saturated heterocycles. The van der Waals surface area contributed by atoms with Gasteiger partial charge in [0.25, 0.3) is 0 Å². The van der Waals surface area contributed by atoms with Gasteiger partial charge in [-0.1, -0.05) is 30.3 Å². The standard InChI is InChI=1S/C19H29N3O2.2ClH/c1-15-11-17(7-8-20-15)21-19(23)12-18-14-22(9-10-24-18)13-16-5-3-2-4-6-16;;/h2-6,15,17-18,20H,7-14H2,1H3,(H,21,23);2*1H. The van der Waals surface area contributed by atoms with Crippen molar-refractivity contribution in [1.82, 2.24) is 15.5 Å². The molecule has 0 saturated carbocycles. The van der Waals surface area contributed by atoms with Crippen molar-refractivity contribution in [2.24, 2.45) is 0 Å². The minimum atomic E-state index is 0. The lowest BCUT2D eigenvalue weighted by Crippen LogP contribution is -2.48. The summed E-state index contributed by atoms with van der Waals surface area (Å²) in [6.07, 6.45) is 2.49. The van der Waals surface area contributed by atoms with Gasteiger partial charge in [0.15, 0.2) is 0 Å². The van der Waals surface area contributed by atoms with Crippen molar-refractivity contribution in [2.75, 3.05) is 26.2 Å². The number of piperidine rings is 1. The monoisotopic (exact) mass is 403 g/mol. The third-order valence-corrected chi connectivity index (χ3v) is 4.87. The molecule has 3 unspecified atom stereocenters. The minimum absolute atomic E-state index is 0. The van der Waals surface area contributed by atoms with E-state index in [1.54, 1.807) is 0 Å². The molecule has 26 heavy (non-hydrogen) atoms. The number of halogens is 2. The molecule has 7 heteroatoms. The van der Waals surface area contributed by atoms with Gasteiger partial charge in [-0.05, 0) is 31.9 Å². The van der Waals surface area contributed by atoms with E-state index in [2.05, 4.69) is 46.7 Å². The van der Waals surface area contributed by atoms with Crippen LogP contribution in [0.4, 0.5) is 0 Å². The van der Waals surface area contributed by atoms with Crippen LogP contribution in [0.2, 0.25) is 0 Å². The summed E-state index contributed by atoms with van der Waals surface area (Å²) in [7, 11) is 0. The van der Waals surface area contributed by atoms with Gasteiger partial charge in [0.2, 0.25) is 5.91 Å². The second-order valence-electron chi connectivity index (χ2n) is 7.06. The highest BCUT2D eigenvalue weighted by Crippen LogP contribution is 2.14. The molecule has 0 aromatic heterocycles. The fourth-order valence-electron chi connectivity index (χ4n) is 3.65. The molecule has 0 aliphatic carbocycles. The van der Waals surface area contributed by atoms with Gasteiger partial charge in [-0.15, -0.1) is 24.8 Å². The number of nitrogens with one attached hydrogen (secondary N) is 2. The summed E-state index contributed by atoms with van der Waals surface area (Å²) in [6, 6.07) is 11.3. The number of carbonyl (C=O) groups is 1. The Morgan fingerprint density at radius 1 is 1.31 bits per heavy atom. The van der Waals surface area contributed by atoms with Crippen LogP contribution in [0.3, 0.4) is 0 Å². The van der Waals surface area contributed by atoms with Crippen molar-refractivity contribution in [3.8, 4) is 0 Å². The van der Waals surface area contributed by atoms with Crippen LogP contribution >= 0.6 is 24.8 Å². The molecule has 2 N–H and O–H groups in total. The van der Waals surface area contributed by atoms with Crippen LogP contribution in [0.15, 0.2) is 30.3 Å². The summed E-state index contributed by atoms with van der Waals surface area (Å²) < 4.78 is 5.81. The summed E-state index contributed by atoms with van der Waals surface area (Å²) in [5.41, 5.74) is 1.31. The van der Waals surface area contributed by atoms with Gasteiger partial charge in [0, 0.05) is 31.7 Å². The normalized spacial score (nSPS) is 26.3. The lowest BCUT2D eigenvalue weighted by atomic mass is 10.0. The topological polar surface area (TPSA) is 53.6 Å². The van der Waals surface area contributed by atoms with Crippen LogP contribution in [0.1, 0.15) is 31.7 Å². The molecule has 148 valence electrons. The third-order valence-electron chi connectivity index (χ3n) is 4.87. The SMILES string of the molecule is CC1CC(NC(=O)CC2CN(Cc3ccccc3)CCO2)CCN1.Cl.Cl. The van der Waals surface area contributed by atoms with E-state index in [0.29, 0.717) is 25.1 Å². The molecule has 0 radical (unpaired) electrons. The lowest BCUT2D eigenvalue weighted by molar-refractivity contribution is -0.127. The van der Waals surface area contributed by atoms with Crippen molar-refractivity contribution in [2.45, 2.75) is 50.9 Å². The fraction of sp³-hybridized carbons (Fsp3) is 0.632. The molecule has 1 aromatic rings. The number of morpholine rings is 1. The summed E-state index contributed by atoms with van der Waals surface area (Å²) in [5, 5.41) is 6.60. The van der Waals surface area contributed by atoms with Crippen molar-refractivity contribution < 1.29 is 9.53 Å². The molecule has 3 atom stereocenters. The first-order valence-electron chi connectivity index (χ1n) is 9.09. The van der Waals surface area contributed by atoms with E-state index < -0.39 is 0 Å². The Kier molecular flexibility index (Phi) is 10.5. The summed E-state index contributed by atoms with van der Waals surface area (Å²) in [4.78, 5) is 14.7. The minimum Gasteiger partial charge on any atom is -0.375 e. The highest BCUT2D eigenvalue weighted by molar-refractivity contribution is 5.85. The second-order valence-corrected chi connectivity index (χ2v) is 7.06. The molecule has 0 bridgehead atoms. The molecule has 1 aromatic carbocycles. The van der Waals surface area contributed by atoms with Crippen molar-refractivity contribution in [3.05, 3.63) is 35.9 Å². The third kappa shape index (κ3) is 7.41. The lowest BCUT2D eigenvalue weighted by Gasteiger charge is -2.33. The molecule has 2 aliphatic heterocycles. The van der Waals surface area contributed by atoms with Crippen LogP contribution in [0, 0.1) is 0 Å². The van der Waals surface area contributed by atoms with Gasteiger partial charge in [-0.25, -0.2) is 0 Å². The summed E-state index contributed by atoms with van der Waals surface area (Å²) in [6.45, 7) is 6.54. The zero-order valence-electron chi connectivity index (χ0n) is 15.4. The van der Waals surface area contributed by atoms with Gasteiger partial charge in [0.1, 0.15) is 0 Å². The van der Waals surface area contributed by atoms with Gasteiger partial charge >= 0.3 is 0 Å². The molecule has 2 heterocycles. The average Bonchev–Trinajstić information content (AvgIpc) is 2.56. The number of hydrogen-bond donors (Lipinski definition) is 2. The molecular weight excluding hydrogens is 373 g/mol. The number of nitrogens with zero attached hydrogens (tertiary/aromatic N) is 1. The second kappa shape index (κ2) is 11.8. The molecule has 2 fully saturated rings. The van der Waals surface area contributed by atoms with Crippen molar-refractivity contribution >= 4 is 30.7 Å². The van der Waals surface area contributed by atoms with Crippen LogP contribution in [0.25, 0.3) is 0 Å². The molecule has 5 nitrogen and oxygen atoms in total. The van der Waals surface area contributed by atoms with E-state index in [1.807, 2.05) is 6.07 Å². The van der Waals surface area contributed by atoms with Gasteiger partial charge < -0.3 is 15.4 Å². The van der Waals surface area contributed by atoms with Crippen molar-refractivity contribution in [1.29, 1.82) is 0 Å². The van der Waals surface area contributed by atoms with Crippen molar-refractivity contribution in [3.63, 3.8) is 0 Å². The first kappa shape index (κ1) is 23.2. The van der Waals surface area contributed by atoms with E-state index >= 15 is 0 Å². The maximum Gasteiger partial charge on any atom is 0.222 e. The van der Waals surface area contributed by atoms with E-state index in [9.17, 15) is 4.79 Å². The molecule has 2 aliphatic rings. The average molecular weight is 404 g/mol.